The third kappa shape index (κ3) is 4.79. The number of rotatable bonds is 7. The fourth-order valence-corrected chi connectivity index (χ4v) is 3.86. The highest BCUT2D eigenvalue weighted by Gasteiger charge is 2.21. The van der Waals surface area contributed by atoms with E-state index in [1.54, 1.807) is 13.4 Å². The molecule has 0 aliphatic carbocycles. The fourth-order valence-electron chi connectivity index (χ4n) is 3.02. The molecule has 0 radical (unpaired) electrons. The first kappa shape index (κ1) is 20.9. The second kappa shape index (κ2) is 9.13. The van der Waals surface area contributed by atoms with E-state index in [4.69, 9.17) is 4.74 Å². The maximum Gasteiger partial charge on any atom is 0.237 e. The van der Waals surface area contributed by atoms with Gasteiger partial charge in [0, 0.05) is 11.8 Å². The molecule has 152 valence electrons. The number of para-hydroxylation sites is 1. The van der Waals surface area contributed by atoms with Crippen LogP contribution in [0.4, 0.5) is 5.69 Å². The van der Waals surface area contributed by atoms with Gasteiger partial charge in [-0.15, -0.1) is 10.2 Å². The van der Waals surface area contributed by atoms with Gasteiger partial charge in [-0.1, -0.05) is 49.9 Å². The van der Waals surface area contributed by atoms with E-state index in [1.807, 2.05) is 54.8 Å². The van der Waals surface area contributed by atoms with Crippen LogP contribution >= 0.6 is 11.8 Å². The molecule has 1 amide bonds. The van der Waals surface area contributed by atoms with Crippen molar-refractivity contribution in [1.29, 1.82) is 0 Å². The van der Waals surface area contributed by atoms with Crippen LogP contribution in [0.25, 0.3) is 5.69 Å². The number of anilines is 1. The summed E-state index contributed by atoms with van der Waals surface area (Å²) < 4.78 is 7.15. The average Bonchev–Trinajstić information content (AvgIpc) is 3.17. The molecule has 0 saturated heterocycles. The number of aryl methyl sites for hydroxylation is 1. The van der Waals surface area contributed by atoms with Gasteiger partial charge in [-0.3, -0.25) is 9.36 Å². The quantitative estimate of drug-likeness (QED) is 0.565. The number of carbonyl (C=O) groups is 1. The van der Waals surface area contributed by atoms with E-state index in [1.165, 1.54) is 11.8 Å². The molecular formula is C22H26N4O2S. The molecular weight excluding hydrogens is 384 g/mol. The molecule has 29 heavy (non-hydrogen) atoms. The van der Waals surface area contributed by atoms with Crippen LogP contribution in [0.5, 0.6) is 5.75 Å². The van der Waals surface area contributed by atoms with Crippen molar-refractivity contribution in [1.82, 2.24) is 14.8 Å². The Morgan fingerprint density at radius 1 is 1.17 bits per heavy atom. The number of hydrogen-bond donors (Lipinski definition) is 1. The van der Waals surface area contributed by atoms with E-state index in [0.29, 0.717) is 11.1 Å². The Kier molecular flexibility index (Phi) is 6.59. The molecule has 7 heteroatoms. The number of aromatic nitrogens is 3. The number of ether oxygens (including phenoxy) is 1. The number of thioether (sulfide) groups is 1. The lowest BCUT2D eigenvalue weighted by Gasteiger charge is -2.18. The molecule has 0 saturated carbocycles. The number of nitrogens with zero attached hydrogens (tertiary/aromatic N) is 3. The Hall–Kier alpha value is -2.80. The van der Waals surface area contributed by atoms with Crippen molar-refractivity contribution in [3.05, 3.63) is 59.9 Å². The molecule has 0 aliphatic heterocycles. The summed E-state index contributed by atoms with van der Waals surface area (Å²) in [5.41, 5.74) is 3.97. The number of nitrogens with one attached hydrogen (secondary N) is 1. The van der Waals surface area contributed by atoms with E-state index in [2.05, 4.69) is 35.4 Å². The molecule has 1 aromatic heterocycles. The molecule has 6 nitrogen and oxygen atoms in total. The zero-order chi connectivity index (χ0) is 21.0. The summed E-state index contributed by atoms with van der Waals surface area (Å²) in [4.78, 5) is 12.9. The lowest BCUT2D eigenvalue weighted by molar-refractivity contribution is -0.115. The number of methoxy groups -OCH3 is 1. The highest BCUT2D eigenvalue weighted by molar-refractivity contribution is 8.00. The molecule has 1 atom stereocenters. The summed E-state index contributed by atoms with van der Waals surface area (Å²) in [7, 11) is 1.63. The van der Waals surface area contributed by atoms with Gasteiger partial charge in [-0.05, 0) is 43.0 Å². The zero-order valence-electron chi connectivity index (χ0n) is 17.3. The molecule has 0 fully saturated rings. The predicted molar refractivity (Wildman–Crippen MR) is 117 cm³/mol. The average molecular weight is 411 g/mol. The van der Waals surface area contributed by atoms with Gasteiger partial charge in [0.15, 0.2) is 5.16 Å². The Morgan fingerprint density at radius 3 is 2.66 bits per heavy atom. The first-order valence-corrected chi connectivity index (χ1v) is 10.4. The van der Waals surface area contributed by atoms with Gasteiger partial charge in [0.25, 0.3) is 0 Å². The van der Waals surface area contributed by atoms with Crippen LogP contribution in [-0.2, 0) is 4.79 Å². The lowest BCUT2D eigenvalue weighted by atomic mass is 9.98. The summed E-state index contributed by atoms with van der Waals surface area (Å²) in [5, 5.41) is 11.6. The molecule has 0 aliphatic rings. The van der Waals surface area contributed by atoms with E-state index in [-0.39, 0.29) is 11.2 Å². The summed E-state index contributed by atoms with van der Waals surface area (Å²) in [6.07, 6.45) is 1.64. The highest BCUT2D eigenvalue weighted by atomic mass is 32.2. The molecule has 2 aromatic carbocycles. The molecule has 3 aromatic rings. The van der Waals surface area contributed by atoms with E-state index in [9.17, 15) is 4.79 Å². The van der Waals surface area contributed by atoms with Gasteiger partial charge in [-0.25, -0.2) is 0 Å². The summed E-state index contributed by atoms with van der Waals surface area (Å²) >= 11 is 1.37. The van der Waals surface area contributed by atoms with Gasteiger partial charge in [-0.2, -0.15) is 0 Å². The van der Waals surface area contributed by atoms with Crippen LogP contribution in [0.15, 0.2) is 53.9 Å². The van der Waals surface area contributed by atoms with Crippen LogP contribution in [0.2, 0.25) is 0 Å². The summed E-state index contributed by atoms with van der Waals surface area (Å²) in [5.74, 6) is 1.01. The Labute approximate surface area is 175 Å². The molecule has 0 bridgehead atoms. The minimum atomic E-state index is -0.344. The van der Waals surface area contributed by atoms with Crippen LogP contribution in [0.1, 0.15) is 37.8 Å². The number of carbonyl (C=O) groups excluding carboxylic acids is 1. The van der Waals surface area contributed by atoms with Gasteiger partial charge >= 0.3 is 0 Å². The van der Waals surface area contributed by atoms with Crippen LogP contribution in [0, 0.1) is 6.92 Å². The number of hydrogen-bond acceptors (Lipinski definition) is 5. The van der Waals surface area contributed by atoms with E-state index >= 15 is 0 Å². The Morgan fingerprint density at radius 2 is 1.93 bits per heavy atom. The van der Waals surface area contributed by atoms with Crippen LogP contribution < -0.4 is 10.1 Å². The summed E-state index contributed by atoms with van der Waals surface area (Å²) in [6, 6.07) is 13.7. The molecule has 0 spiro atoms. The maximum absolute atomic E-state index is 12.9. The van der Waals surface area contributed by atoms with Crippen LogP contribution in [-0.4, -0.2) is 33.0 Å². The fraction of sp³-hybridized carbons (Fsp3) is 0.318. The minimum absolute atomic E-state index is 0.0635. The smallest absolute Gasteiger partial charge is 0.237 e. The minimum Gasteiger partial charge on any atom is -0.497 e. The zero-order valence-corrected chi connectivity index (χ0v) is 18.2. The third-order valence-electron chi connectivity index (χ3n) is 4.67. The molecule has 0 unspecified atom stereocenters. The first-order valence-electron chi connectivity index (χ1n) is 9.52. The van der Waals surface area contributed by atoms with E-state index < -0.39 is 0 Å². The van der Waals surface area contributed by atoms with Crippen molar-refractivity contribution in [2.24, 2.45) is 0 Å². The van der Waals surface area contributed by atoms with E-state index in [0.717, 1.165) is 28.3 Å². The topological polar surface area (TPSA) is 69.0 Å². The maximum atomic E-state index is 12.9. The predicted octanol–water partition coefficient (Wildman–Crippen LogP) is 4.83. The summed E-state index contributed by atoms with van der Waals surface area (Å²) in [6.45, 7) is 8.13. The van der Waals surface area contributed by atoms with Gasteiger partial charge in [0.05, 0.1) is 18.0 Å². The van der Waals surface area contributed by atoms with Crippen molar-refractivity contribution in [3.8, 4) is 11.4 Å². The van der Waals surface area contributed by atoms with Crippen molar-refractivity contribution >= 4 is 23.4 Å². The highest BCUT2D eigenvalue weighted by Crippen LogP contribution is 2.30. The van der Waals surface area contributed by atoms with Gasteiger partial charge in [0.1, 0.15) is 12.1 Å². The normalized spacial score (nSPS) is 12.1. The SMILES string of the molecule is COc1cccc(-n2cnnc2S[C@H](C)C(=O)Nc2c(C)cccc2C(C)C)c1. The van der Waals surface area contributed by atoms with Crippen LogP contribution in [0.3, 0.4) is 0 Å². The lowest BCUT2D eigenvalue weighted by Crippen LogP contribution is -2.24. The Balaban J connectivity index is 1.78. The molecule has 1 heterocycles. The second-order valence-electron chi connectivity index (χ2n) is 7.13. The second-order valence-corrected chi connectivity index (χ2v) is 8.44. The largest absolute Gasteiger partial charge is 0.497 e. The van der Waals surface area contributed by atoms with Gasteiger partial charge < -0.3 is 10.1 Å². The number of amides is 1. The van der Waals surface area contributed by atoms with Crippen molar-refractivity contribution in [3.63, 3.8) is 0 Å². The van der Waals surface area contributed by atoms with Gasteiger partial charge in [0.2, 0.25) is 5.91 Å². The molecule has 3 rings (SSSR count). The third-order valence-corrected chi connectivity index (χ3v) is 5.73. The van der Waals surface area contributed by atoms with Crippen molar-refractivity contribution in [2.75, 3.05) is 12.4 Å². The molecule has 1 N–H and O–H groups in total. The van der Waals surface area contributed by atoms with Crippen molar-refractivity contribution in [2.45, 2.75) is 44.0 Å². The Bertz CT molecular complexity index is 1000. The monoisotopic (exact) mass is 410 g/mol. The van der Waals surface area contributed by atoms with Crippen molar-refractivity contribution < 1.29 is 9.53 Å². The first-order chi connectivity index (χ1) is 13.9. The number of benzene rings is 2. The standard InChI is InChI=1S/C22H26N4O2S/c1-14(2)19-11-6-8-15(3)20(19)24-21(27)16(4)29-22-25-23-13-26(22)17-9-7-10-18(12-17)28-5/h6-14,16H,1-5H3,(H,24,27)/t16-/m1/s1.